The number of rotatable bonds is 20. The van der Waals surface area contributed by atoms with Gasteiger partial charge in [0.25, 0.3) is 0 Å². The van der Waals surface area contributed by atoms with Crippen molar-refractivity contribution >= 4 is 0 Å². The van der Waals surface area contributed by atoms with Crippen molar-refractivity contribution in [3.63, 3.8) is 0 Å². The van der Waals surface area contributed by atoms with E-state index in [1.54, 1.807) is 0 Å². The maximum atomic E-state index is 9.79. The van der Waals surface area contributed by atoms with E-state index in [1.807, 2.05) is 6.92 Å². The van der Waals surface area contributed by atoms with E-state index in [1.165, 1.54) is 89.9 Å². The highest BCUT2D eigenvalue weighted by Gasteiger charge is 2.14. The lowest BCUT2D eigenvalue weighted by Crippen LogP contribution is -2.26. The molecule has 2 unspecified atom stereocenters. The molecule has 2 nitrogen and oxygen atoms in total. The van der Waals surface area contributed by atoms with Crippen LogP contribution in [-0.2, 0) is 4.74 Å². The van der Waals surface area contributed by atoms with Gasteiger partial charge in [0.1, 0.15) is 0 Å². The van der Waals surface area contributed by atoms with Gasteiger partial charge in [-0.2, -0.15) is 0 Å². The molecule has 0 rings (SSSR count). The van der Waals surface area contributed by atoms with Gasteiger partial charge in [-0.25, -0.2) is 0 Å². The number of ether oxygens (including phenoxy) is 1. The number of hydrogen-bond donors (Lipinski definition) is 1. The number of hydrogen-bond acceptors (Lipinski definition) is 2. The van der Waals surface area contributed by atoms with Crippen LogP contribution in [0.1, 0.15) is 130 Å². The third kappa shape index (κ3) is 18.5. The molecule has 0 saturated carbocycles. The molecule has 0 radical (unpaired) electrons. The lowest BCUT2D eigenvalue weighted by atomic mass is 10.0. The second-order valence-corrected chi connectivity index (χ2v) is 7.89. The predicted molar refractivity (Wildman–Crippen MR) is 111 cm³/mol. The summed E-state index contributed by atoms with van der Waals surface area (Å²) in [7, 11) is 0. The molecule has 0 aliphatic carbocycles. The van der Waals surface area contributed by atoms with E-state index >= 15 is 0 Å². The van der Waals surface area contributed by atoms with Gasteiger partial charge < -0.3 is 9.84 Å². The molecule has 0 aliphatic rings. The van der Waals surface area contributed by atoms with Crippen LogP contribution in [0.2, 0.25) is 0 Å². The SMILES string of the molecule is CCCCCCCCCCCCCCCCC(OCCCC)C(C)O. The summed E-state index contributed by atoms with van der Waals surface area (Å²) in [5.74, 6) is 0. The van der Waals surface area contributed by atoms with Crippen LogP contribution in [0.15, 0.2) is 0 Å². The highest BCUT2D eigenvalue weighted by atomic mass is 16.5. The molecule has 0 heterocycles. The number of aliphatic hydroxyl groups excluding tert-OH is 1. The Morgan fingerprint density at radius 1 is 0.600 bits per heavy atom. The average Bonchev–Trinajstić information content (AvgIpc) is 2.60. The Hall–Kier alpha value is -0.0800. The molecule has 0 bridgehead atoms. The summed E-state index contributed by atoms with van der Waals surface area (Å²) in [6, 6.07) is 0. The topological polar surface area (TPSA) is 29.5 Å². The minimum Gasteiger partial charge on any atom is -0.391 e. The first kappa shape index (κ1) is 24.9. The molecule has 1 N–H and O–H groups in total. The highest BCUT2D eigenvalue weighted by molar-refractivity contribution is 4.65. The van der Waals surface area contributed by atoms with Crippen LogP contribution in [0, 0.1) is 0 Å². The molecule has 0 amide bonds. The fraction of sp³-hybridized carbons (Fsp3) is 1.00. The smallest absolute Gasteiger partial charge is 0.0831 e. The summed E-state index contributed by atoms with van der Waals surface area (Å²) in [5, 5.41) is 9.79. The zero-order chi connectivity index (χ0) is 18.6. The van der Waals surface area contributed by atoms with Gasteiger partial charge in [0.2, 0.25) is 0 Å². The van der Waals surface area contributed by atoms with Crippen molar-refractivity contribution in [2.24, 2.45) is 0 Å². The Morgan fingerprint density at radius 3 is 1.40 bits per heavy atom. The number of aliphatic hydroxyl groups is 1. The predicted octanol–water partition coefficient (Wildman–Crippen LogP) is 7.42. The standard InChI is InChI=1S/C23H48O2/c1-4-6-8-9-10-11-12-13-14-15-16-17-18-19-20-23(22(3)24)25-21-7-5-2/h22-24H,4-21H2,1-3H3. The van der Waals surface area contributed by atoms with Crippen molar-refractivity contribution in [3.8, 4) is 0 Å². The average molecular weight is 357 g/mol. The molecule has 2 atom stereocenters. The van der Waals surface area contributed by atoms with Crippen molar-refractivity contribution in [2.75, 3.05) is 6.61 Å². The van der Waals surface area contributed by atoms with Gasteiger partial charge in [0.05, 0.1) is 12.2 Å². The van der Waals surface area contributed by atoms with Crippen LogP contribution < -0.4 is 0 Å². The Labute approximate surface area is 159 Å². The van der Waals surface area contributed by atoms with E-state index in [0.29, 0.717) is 0 Å². The molecule has 152 valence electrons. The Kier molecular flexibility index (Phi) is 20.2. The molecular weight excluding hydrogens is 308 g/mol. The molecule has 0 aliphatic heterocycles. The fourth-order valence-corrected chi connectivity index (χ4v) is 3.38. The largest absolute Gasteiger partial charge is 0.391 e. The normalized spacial score (nSPS) is 13.9. The van der Waals surface area contributed by atoms with Crippen molar-refractivity contribution in [2.45, 2.75) is 142 Å². The quantitative estimate of drug-likeness (QED) is 0.230. The van der Waals surface area contributed by atoms with Crippen LogP contribution in [-0.4, -0.2) is 23.9 Å². The third-order valence-corrected chi connectivity index (χ3v) is 5.21. The molecule has 0 aromatic heterocycles. The van der Waals surface area contributed by atoms with Crippen LogP contribution in [0.4, 0.5) is 0 Å². The van der Waals surface area contributed by atoms with Gasteiger partial charge >= 0.3 is 0 Å². The summed E-state index contributed by atoms with van der Waals surface area (Å²) in [6.07, 6.45) is 22.5. The van der Waals surface area contributed by atoms with Crippen LogP contribution >= 0.6 is 0 Å². The first-order valence-electron chi connectivity index (χ1n) is 11.5. The first-order chi connectivity index (χ1) is 12.2. The van der Waals surface area contributed by atoms with Gasteiger partial charge in [-0.3, -0.25) is 0 Å². The van der Waals surface area contributed by atoms with E-state index in [4.69, 9.17) is 4.74 Å². The van der Waals surface area contributed by atoms with Gasteiger partial charge in [-0.05, 0) is 19.8 Å². The van der Waals surface area contributed by atoms with E-state index in [-0.39, 0.29) is 12.2 Å². The maximum absolute atomic E-state index is 9.79. The molecule has 0 fully saturated rings. The summed E-state index contributed by atoms with van der Waals surface area (Å²) < 4.78 is 5.81. The number of unbranched alkanes of at least 4 members (excludes halogenated alkanes) is 14. The molecular formula is C23H48O2. The van der Waals surface area contributed by atoms with Crippen molar-refractivity contribution in [1.82, 2.24) is 0 Å². The second kappa shape index (κ2) is 20.2. The van der Waals surface area contributed by atoms with Crippen LogP contribution in [0.5, 0.6) is 0 Å². The molecule has 0 aromatic carbocycles. The lowest BCUT2D eigenvalue weighted by molar-refractivity contribution is -0.0354. The van der Waals surface area contributed by atoms with Gasteiger partial charge in [0, 0.05) is 6.61 Å². The lowest BCUT2D eigenvalue weighted by Gasteiger charge is -2.20. The summed E-state index contributed by atoms with van der Waals surface area (Å²) in [6.45, 7) is 7.12. The zero-order valence-electron chi connectivity index (χ0n) is 17.7. The zero-order valence-corrected chi connectivity index (χ0v) is 17.7. The Bertz CT molecular complexity index is 240. The third-order valence-electron chi connectivity index (χ3n) is 5.21. The summed E-state index contributed by atoms with van der Waals surface area (Å²) >= 11 is 0. The molecule has 25 heavy (non-hydrogen) atoms. The first-order valence-corrected chi connectivity index (χ1v) is 11.5. The monoisotopic (exact) mass is 356 g/mol. The highest BCUT2D eigenvalue weighted by Crippen LogP contribution is 2.15. The van der Waals surface area contributed by atoms with Crippen molar-refractivity contribution < 1.29 is 9.84 Å². The second-order valence-electron chi connectivity index (χ2n) is 7.89. The molecule has 0 aromatic rings. The molecule has 0 spiro atoms. The van der Waals surface area contributed by atoms with Gasteiger partial charge in [0.15, 0.2) is 0 Å². The van der Waals surface area contributed by atoms with E-state index < -0.39 is 0 Å². The Morgan fingerprint density at radius 2 is 1.00 bits per heavy atom. The van der Waals surface area contributed by atoms with Crippen molar-refractivity contribution in [3.05, 3.63) is 0 Å². The minimum atomic E-state index is -0.334. The summed E-state index contributed by atoms with van der Waals surface area (Å²) in [4.78, 5) is 0. The fourth-order valence-electron chi connectivity index (χ4n) is 3.38. The van der Waals surface area contributed by atoms with E-state index in [9.17, 15) is 5.11 Å². The van der Waals surface area contributed by atoms with E-state index in [2.05, 4.69) is 13.8 Å². The van der Waals surface area contributed by atoms with E-state index in [0.717, 1.165) is 25.9 Å². The van der Waals surface area contributed by atoms with Crippen molar-refractivity contribution in [1.29, 1.82) is 0 Å². The summed E-state index contributed by atoms with van der Waals surface area (Å²) in [5.41, 5.74) is 0. The minimum absolute atomic E-state index is 0.0453. The molecule has 0 saturated heterocycles. The maximum Gasteiger partial charge on any atom is 0.0831 e. The van der Waals surface area contributed by atoms with Gasteiger partial charge in [-0.1, -0.05) is 110 Å². The molecule has 2 heteroatoms. The Balaban J connectivity index is 3.28. The van der Waals surface area contributed by atoms with Crippen LogP contribution in [0.3, 0.4) is 0 Å². The van der Waals surface area contributed by atoms with Crippen LogP contribution in [0.25, 0.3) is 0 Å². The van der Waals surface area contributed by atoms with Gasteiger partial charge in [-0.15, -0.1) is 0 Å².